The van der Waals surface area contributed by atoms with Crippen LogP contribution in [0.5, 0.6) is 0 Å². The highest BCUT2D eigenvalue weighted by atomic mass is 16.2. The summed E-state index contributed by atoms with van der Waals surface area (Å²) in [6, 6.07) is 16.1. The maximum absolute atomic E-state index is 13.4. The number of nitrogens with one attached hydrogen (secondary N) is 2. The molecule has 36 heavy (non-hydrogen) atoms. The lowest BCUT2D eigenvalue weighted by Gasteiger charge is -2.25. The SMILES string of the molecule is CC(C)(C)c1c(C(=O)C2CCCCC2)[nH]c(=O)n1Cc1ccc(-c2ccccc2-c2nnn[nH]2)cc1. The number of rotatable bonds is 6. The first-order valence-corrected chi connectivity index (χ1v) is 12.6. The largest absolute Gasteiger partial charge is 0.326 e. The van der Waals surface area contributed by atoms with Crippen molar-refractivity contribution in [1.29, 1.82) is 0 Å². The van der Waals surface area contributed by atoms with Crippen LogP contribution in [0.2, 0.25) is 0 Å². The summed E-state index contributed by atoms with van der Waals surface area (Å²) in [6.45, 7) is 6.57. The van der Waals surface area contributed by atoms with Gasteiger partial charge < -0.3 is 4.98 Å². The van der Waals surface area contributed by atoms with Crippen molar-refractivity contribution < 1.29 is 4.79 Å². The molecule has 1 aliphatic rings. The number of Topliss-reactive ketones (excluding diaryl/α,β-unsaturated/α-hetero) is 1. The van der Waals surface area contributed by atoms with E-state index in [0.717, 1.165) is 53.6 Å². The Hall–Kier alpha value is -3.81. The molecular weight excluding hydrogens is 452 g/mol. The first-order chi connectivity index (χ1) is 17.3. The highest BCUT2D eigenvalue weighted by Gasteiger charge is 2.32. The van der Waals surface area contributed by atoms with Crippen LogP contribution in [0.1, 0.15) is 74.6 Å². The maximum Gasteiger partial charge on any atom is 0.326 e. The van der Waals surface area contributed by atoms with Gasteiger partial charge in [0.2, 0.25) is 0 Å². The number of carbonyl (C=O) groups is 1. The van der Waals surface area contributed by atoms with Gasteiger partial charge in [0.05, 0.1) is 12.2 Å². The lowest BCUT2D eigenvalue weighted by molar-refractivity contribution is 0.0882. The molecule has 2 heterocycles. The predicted octanol–water partition coefficient (Wildman–Crippen LogP) is 5.13. The molecule has 1 aliphatic carbocycles. The number of nitrogens with zero attached hydrogens (tertiary/aromatic N) is 4. The van der Waals surface area contributed by atoms with E-state index in [1.807, 2.05) is 48.5 Å². The Morgan fingerprint density at radius 3 is 2.33 bits per heavy atom. The third-order valence-electron chi connectivity index (χ3n) is 7.05. The zero-order valence-electron chi connectivity index (χ0n) is 21.0. The number of ketones is 1. The van der Waals surface area contributed by atoms with Gasteiger partial charge in [-0.15, -0.1) is 5.10 Å². The Balaban J connectivity index is 1.46. The molecule has 5 rings (SSSR count). The minimum Gasteiger partial charge on any atom is -0.303 e. The van der Waals surface area contributed by atoms with E-state index in [0.29, 0.717) is 18.1 Å². The van der Waals surface area contributed by atoms with Crippen LogP contribution in [0.4, 0.5) is 0 Å². The minimum atomic E-state index is -0.358. The molecule has 1 fully saturated rings. The van der Waals surface area contributed by atoms with E-state index >= 15 is 0 Å². The van der Waals surface area contributed by atoms with E-state index in [4.69, 9.17) is 0 Å². The van der Waals surface area contributed by atoms with Gasteiger partial charge in [0.15, 0.2) is 11.6 Å². The van der Waals surface area contributed by atoms with E-state index in [1.54, 1.807) is 4.57 Å². The fraction of sp³-hybridized carbons (Fsp3) is 0.393. The van der Waals surface area contributed by atoms with Gasteiger partial charge in [-0.2, -0.15) is 0 Å². The van der Waals surface area contributed by atoms with Gasteiger partial charge in [0.25, 0.3) is 0 Å². The minimum absolute atomic E-state index is 0.00487. The van der Waals surface area contributed by atoms with Crippen molar-refractivity contribution in [2.24, 2.45) is 5.92 Å². The van der Waals surface area contributed by atoms with E-state index in [1.165, 1.54) is 6.42 Å². The first-order valence-electron chi connectivity index (χ1n) is 12.6. The molecule has 0 saturated heterocycles. The summed E-state index contributed by atoms with van der Waals surface area (Å²) in [5, 5.41) is 14.3. The van der Waals surface area contributed by atoms with Gasteiger partial charge in [-0.25, -0.2) is 9.89 Å². The molecule has 0 spiro atoms. The number of H-pyrrole nitrogens is 2. The standard InChI is InChI=1S/C28H32N6O2/c1-28(2,3)25-23(24(35)20-9-5-4-6-10-20)29-27(36)34(25)17-18-13-15-19(16-14-18)21-11-7-8-12-22(21)26-30-32-33-31-26/h7-8,11-16,20H,4-6,9-10,17H2,1-3H3,(H,29,36)(H,30,31,32,33). The lowest BCUT2D eigenvalue weighted by atomic mass is 9.82. The quantitative estimate of drug-likeness (QED) is 0.369. The normalized spacial score (nSPS) is 14.8. The predicted molar refractivity (Wildman–Crippen MR) is 139 cm³/mol. The van der Waals surface area contributed by atoms with Crippen LogP contribution in [0.25, 0.3) is 22.5 Å². The van der Waals surface area contributed by atoms with Crippen molar-refractivity contribution in [3.8, 4) is 22.5 Å². The Morgan fingerprint density at radius 2 is 1.69 bits per heavy atom. The molecule has 8 nitrogen and oxygen atoms in total. The molecule has 8 heteroatoms. The molecule has 2 aromatic carbocycles. The molecule has 4 aromatic rings. The fourth-order valence-electron chi connectivity index (χ4n) is 5.33. The number of tetrazole rings is 1. The second kappa shape index (κ2) is 9.68. The molecular formula is C28H32N6O2. The summed E-state index contributed by atoms with van der Waals surface area (Å²) in [5.74, 6) is 0.702. The molecule has 186 valence electrons. The second-order valence-electron chi connectivity index (χ2n) is 10.7. The zero-order chi connectivity index (χ0) is 25.3. The molecule has 1 saturated carbocycles. The molecule has 0 atom stereocenters. The van der Waals surface area contributed by atoms with Crippen molar-refractivity contribution in [2.45, 2.75) is 64.8 Å². The molecule has 0 aliphatic heterocycles. The molecule has 0 unspecified atom stereocenters. The molecule has 0 radical (unpaired) electrons. The molecule has 0 bridgehead atoms. The third-order valence-corrected chi connectivity index (χ3v) is 7.05. The average Bonchev–Trinajstić information content (AvgIpc) is 3.53. The fourth-order valence-corrected chi connectivity index (χ4v) is 5.33. The molecule has 0 amide bonds. The van der Waals surface area contributed by atoms with Crippen molar-refractivity contribution >= 4 is 5.78 Å². The van der Waals surface area contributed by atoms with Crippen LogP contribution < -0.4 is 5.69 Å². The van der Waals surface area contributed by atoms with Crippen LogP contribution in [-0.2, 0) is 12.0 Å². The molecule has 2 aromatic heterocycles. The van der Waals surface area contributed by atoms with Gasteiger partial charge in [-0.3, -0.25) is 9.36 Å². The Morgan fingerprint density at radius 1 is 1.00 bits per heavy atom. The van der Waals surface area contributed by atoms with Gasteiger partial charge >= 0.3 is 5.69 Å². The smallest absolute Gasteiger partial charge is 0.303 e. The number of hydrogen-bond acceptors (Lipinski definition) is 5. The third kappa shape index (κ3) is 4.67. The summed E-state index contributed by atoms with van der Waals surface area (Å²) in [7, 11) is 0. The van der Waals surface area contributed by atoms with Crippen molar-refractivity contribution in [1.82, 2.24) is 30.2 Å². The molecule has 2 N–H and O–H groups in total. The Labute approximate surface area is 210 Å². The monoisotopic (exact) mass is 484 g/mol. The van der Waals surface area contributed by atoms with Crippen molar-refractivity contribution in [2.75, 3.05) is 0 Å². The maximum atomic E-state index is 13.4. The van der Waals surface area contributed by atoms with Crippen LogP contribution in [0, 0.1) is 5.92 Å². The summed E-state index contributed by atoms with van der Waals surface area (Å²) in [4.78, 5) is 29.4. The van der Waals surface area contributed by atoms with Crippen LogP contribution >= 0.6 is 0 Å². The highest BCUT2D eigenvalue weighted by Crippen LogP contribution is 2.32. The number of benzene rings is 2. The number of carbonyl (C=O) groups excluding carboxylic acids is 1. The number of imidazole rings is 1. The van der Waals surface area contributed by atoms with Gasteiger partial charge in [-0.05, 0) is 40.0 Å². The number of aromatic nitrogens is 6. The summed E-state index contributed by atoms with van der Waals surface area (Å²) in [5.41, 5.74) is 4.63. The topological polar surface area (TPSA) is 109 Å². The van der Waals surface area contributed by atoms with E-state index in [-0.39, 0.29) is 22.8 Å². The van der Waals surface area contributed by atoms with Crippen LogP contribution in [0.15, 0.2) is 53.3 Å². The van der Waals surface area contributed by atoms with Crippen LogP contribution in [0.3, 0.4) is 0 Å². The highest BCUT2D eigenvalue weighted by molar-refractivity contribution is 5.97. The van der Waals surface area contributed by atoms with Crippen LogP contribution in [-0.4, -0.2) is 36.0 Å². The van der Waals surface area contributed by atoms with E-state index < -0.39 is 0 Å². The zero-order valence-corrected chi connectivity index (χ0v) is 21.0. The lowest BCUT2D eigenvalue weighted by Crippen LogP contribution is -2.27. The van der Waals surface area contributed by atoms with E-state index in [9.17, 15) is 9.59 Å². The Kier molecular flexibility index (Phi) is 6.43. The number of aromatic amines is 2. The average molecular weight is 485 g/mol. The van der Waals surface area contributed by atoms with Gasteiger partial charge in [-0.1, -0.05) is 88.6 Å². The Bertz CT molecular complexity index is 1400. The van der Waals surface area contributed by atoms with Crippen molar-refractivity contribution in [3.05, 3.63) is 76.0 Å². The summed E-state index contributed by atoms with van der Waals surface area (Å²) in [6.07, 6.45) is 5.15. The van der Waals surface area contributed by atoms with Gasteiger partial charge in [0, 0.05) is 16.9 Å². The summed E-state index contributed by atoms with van der Waals surface area (Å²) < 4.78 is 1.74. The van der Waals surface area contributed by atoms with Crippen molar-refractivity contribution in [3.63, 3.8) is 0 Å². The van der Waals surface area contributed by atoms with E-state index in [2.05, 4.69) is 46.4 Å². The second-order valence-corrected chi connectivity index (χ2v) is 10.7. The van der Waals surface area contributed by atoms with Gasteiger partial charge in [0.1, 0.15) is 5.69 Å². The summed E-state index contributed by atoms with van der Waals surface area (Å²) >= 11 is 0. The number of hydrogen-bond donors (Lipinski definition) is 2. The first kappa shape index (κ1) is 23.9.